The van der Waals surface area contributed by atoms with Gasteiger partial charge >= 0.3 is 0 Å². The van der Waals surface area contributed by atoms with Crippen LogP contribution in [0.25, 0.3) is 0 Å². The van der Waals surface area contributed by atoms with Crippen LogP contribution in [0, 0.1) is 25.5 Å². The van der Waals surface area contributed by atoms with E-state index in [1.807, 2.05) is 32.0 Å². The van der Waals surface area contributed by atoms with E-state index in [0.717, 1.165) is 28.8 Å². The van der Waals surface area contributed by atoms with Crippen molar-refractivity contribution in [3.63, 3.8) is 0 Å². The van der Waals surface area contributed by atoms with Crippen LogP contribution >= 0.6 is 0 Å². The number of halogens is 2. The summed E-state index contributed by atoms with van der Waals surface area (Å²) < 4.78 is 26.8. The van der Waals surface area contributed by atoms with Crippen molar-refractivity contribution in [2.75, 3.05) is 10.6 Å². The minimum Gasteiger partial charge on any atom is -0.324 e. The van der Waals surface area contributed by atoms with Gasteiger partial charge in [-0.1, -0.05) is 23.8 Å². The van der Waals surface area contributed by atoms with Crippen molar-refractivity contribution >= 4 is 23.2 Å². The monoisotopic (exact) mass is 332 g/mol. The quantitative estimate of drug-likeness (QED) is 0.896. The molecule has 2 aromatic rings. The molecule has 0 bridgehead atoms. The lowest BCUT2D eigenvalue weighted by Gasteiger charge is -2.13. The highest BCUT2D eigenvalue weighted by atomic mass is 19.2. The first-order chi connectivity index (χ1) is 11.3. The van der Waals surface area contributed by atoms with Gasteiger partial charge in [0.1, 0.15) is 0 Å². The molecular formula is C18H18F2N2O2. The second kappa shape index (κ2) is 7.21. The molecule has 0 aromatic heterocycles. The van der Waals surface area contributed by atoms with Crippen molar-refractivity contribution in [3.8, 4) is 0 Å². The highest BCUT2D eigenvalue weighted by molar-refractivity contribution is 5.99. The van der Waals surface area contributed by atoms with E-state index in [1.165, 1.54) is 6.92 Å². The molecule has 6 heteroatoms. The molecule has 2 amide bonds. The Bertz CT molecular complexity index is 804. The summed E-state index contributed by atoms with van der Waals surface area (Å²) in [6.07, 6.45) is 0.0893. The van der Waals surface area contributed by atoms with E-state index in [-0.39, 0.29) is 23.7 Å². The zero-order valence-electron chi connectivity index (χ0n) is 13.7. The lowest BCUT2D eigenvalue weighted by atomic mass is 10.0. The molecule has 0 spiro atoms. The molecule has 0 fully saturated rings. The van der Waals surface area contributed by atoms with Gasteiger partial charge in [0.15, 0.2) is 11.6 Å². The van der Waals surface area contributed by atoms with E-state index in [4.69, 9.17) is 0 Å². The molecule has 2 aromatic carbocycles. The molecule has 4 nitrogen and oxygen atoms in total. The summed E-state index contributed by atoms with van der Waals surface area (Å²) >= 11 is 0. The largest absolute Gasteiger partial charge is 0.324 e. The minimum absolute atomic E-state index is 0.00992. The van der Waals surface area contributed by atoms with Gasteiger partial charge in [-0.15, -0.1) is 0 Å². The minimum atomic E-state index is -1.11. The number of amides is 2. The van der Waals surface area contributed by atoms with Gasteiger partial charge in [0.2, 0.25) is 11.8 Å². The van der Waals surface area contributed by atoms with Gasteiger partial charge in [0, 0.05) is 19.1 Å². The fourth-order valence-electron chi connectivity index (χ4n) is 2.30. The summed E-state index contributed by atoms with van der Waals surface area (Å²) in [6.45, 7) is 5.05. The van der Waals surface area contributed by atoms with Gasteiger partial charge < -0.3 is 10.6 Å². The molecule has 0 aliphatic heterocycles. The third kappa shape index (κ3) is 4.38. The van der Waals surface area contributed by atoms with Crippen molar-refractivity contribution in [1.82, 2.24) is 0 Å². The van der Waals surface area contributed by atoms with Gasteiger partial charge in [-0.2, -0.15) is 0 Å². The van der Waals surface area contributed by atoms with Crippen LogP contribution in [-0.4, -0.2) is 11.8 Å². The second-order valence-corrected chi connectivity index (χ2v) is 5.65. The van der Waals surface area contributed by atoms with Crippen LogP contribution in [0.2, 0.25) is 0 Å². The summed E-state index contributed by atoms with van der Waals surface area (Å²) in [5, 5.41) is 4.89. The maximum Gasteiger partial charge on any atom is 0.228 e. The number of rotatable bonds is 4. The van der Waals surface area contributed by atoms with E-state index in [1.54, 1.807) is 0 Å². The molecule has 0 saturated carbocycles. The SMILES string of the molecule is CC(=O)Nc1cc(F)c(F)cc1NC(=O)Cc1cc(C)ccc1C. The van der Waals surface area contributed by atoms with Crippen molar-refractivity contribution in [2.24, 2.45) is 0 Å². The number of aryl methyl sites for hydroxylation is 2. The third-order valence-corrected chi connectivity index (χ3v) is 3.50. The summed E-state index contributed by atoms with van der Waals surface area (Å²) in [4.78, 5) is 23.4. The number of hydrogen-bond acceptors (Lipinski definition) is 2. The molecule has 2 N–H and O–H groups in total. The predicted octanol–water partition coefficient (Wildman–Crippen LogP) is 3.72. The molecule has 0 aliphatic carbocycles. The van der Waals surface area contributed by atoms with Crippen LogP contribution in [0.1, 0.15) is 23.6 Å². The molecule has 0 atom stereocenters. The van der Waals surface area contributed by atoms with Crippen molar-refractivity contribution < 1.29 is 18.4 Å². The smallest absolute Gasteiger partial charge is 0.228 e. The Labute approximate surface area is 138 Å². The summed E-state index contributed by atoms with van der Waals surface area (Å²) in [7, 11) is 0. The van der Waals surface area contributed by atoms with E-state index >= 15 is 0 Å². The fourth-order valence-corrected chi connectivity index (χ4v) is 2.30. The topological polar surface area (TPSA) is 58.2 Å². The number of carbonyl (C=O) groups excluding carboxylic acids is 2. The van der Waals surface area contributed by atoms with E-state index in [0.29, 0.717) is 0 Å². The summed E-state index contributed by atoms with van der Waals surface area (Å²) in [5.74, 6) is -3.05. The standard InChI is InChI=1S/C18H18F2N2O2/c1-10-4-5-11(2)13(6-10)7-18(24)22-17-9-15(20)14(19)8-16(17)21-12(3)23/h4-6,8-9H,7H2,1-3H3,(H,21,23)(H,22,24). The predicted molar refractivity (Wildman–Crippen MR) is 88.9 cm³/mol. The first-order valence-corrected chi connectivity index (χ1v) is 7.39. The van der Waals surface area contributed by atoms with Crippen LogP contribution in [-0.2, 0) is 16.0 Å². The number of hydrogen-bond donors (Lipinski definition) is 2. The highest BCUT2D eigenvalue weighted by Gasteiger charge is 2.14. The maximum atomic E-state index is 13.5. The number of anilines is 2. The van der Waals surface area contributed by atoms with Crippen molar-refractivity contribution in [2.45, 2.75) is 27.2 Å². The van der Waals surface area contributed by atoms with E-state index in [2.05, 4.69) is 10.6 Å². The molecular weight excluding hydrogens is 314 g/mol. The average molecular weight is 332 g/mol. The molecule has 0 aliphatic rings. The van der Waals surface area contributed by atoms with Gasteiger partial charge in [0.25, 0.3) is 0 Å². The number of carbonyl (C=O) groups is 2. The fraction of sp³-hybridized carbons (Fsp3) is 0.222. The summed E-state index contributed by atoms with van der Waals surface area (Å²) in [6, 6.07) is 7.44. The van der Waals surface area contributed by atoms with Crippen molar-refractivity contribution in [1.29, 1.82) is 0 Å². The second-order valence-electron chi connectivity index (χ2n) is 5.65. The maximum absolute atomic E-state index is 13.5. The first-order valence-electron chi connectivity index (χ1n) is 7.39. The lowest BCUT2D eigenvalue weighted by Crippen LogP contribution is -2.18. The van der Waals surface area contributed by atoms with Crippen LogP contribution in [0.4, 0.5) is 20.2 Å². The molecule has 2 rings (SSSR count). The Balaban J connectivity index is 2.23. The first kappa shape index (κ1) is 17.6. The molecule has 0 unspecified atom stereocenters. The normalized spacial score (nSPS) is 10.4. The van der Waals surface area contributed by atoms with Crippen LogP contribution in [0.3, 0.4) is 0 Å². The molecule has 0 saturated heterocycles. The van der Waals surface area contributed by atoms with Gasteiger partial charge in [0.05, 0.1) is 17.8 Å². The Morgan fingerprint density at radius 1 is 0.958 bits per heavy atom. The number of benzene rings is 2. The molecule has 0 radical (unpaired) electrons. The Morgan fingerprint density at radius 3 is 2.12 bits per heavy atom. The van der Waals surface area contributed by atoms with Gasteiger partial charge in [-0.25, -0.2) is 8.78 Å². The lowest BCUT2D eigenvalue weighted by molar-refractivity contribution is -0.116. The van der Waals surface area contributed by atoms with E-state index < -0.39 is 17.5 Å². The number of nitrogens with one attached hydrogen (secondary N) is 2. The Kier molecular flexibility index (Phi) is 5.28. The molecule has 0 heterocycles. The van der Waals surface area contributed by atoms with Crippen LogP contribution in [0.15, 0.2) is 30.3 Å². The highest BCUT2D eigenvalue weighted by Crippen LogP contribution is 2.25. The van der Waals surface area contributed by atoms with Crippen LogP contribution < -0.4 is 10.6 Å². The van der Waals surface area contributed by atoms with Crippen molar-refractivity contribution in [3.05, 3.63) is 58.7 Å². The van der Waals surface area contributed by atoms with Gasteiger partial charge in [-0.3, -0.25) is 9.59 Å². The zero-order valence-corrected chi connectivity index (χ0v) is 13.7. The van der Waals surface area contributed by atoms with Gasteiger partial charge in [-0.05, 0) is 25.0 Å². The molecule has 24 heavy (non-hydrogen) atoms. The average Bonchev–Trinajstić information content (AvgIpc) is 2.47. The van der Waals surface area contributed by atoms with Crippen LogP contribution in [0.5, 0.6) is 0 Å². The Hall–Kier alpha value is -2.76. The third-order valence-electron chi connectivity index (χ3n) is 3.50. The molecule has 126 valence electrons. The Morgan fingerprint density at radius 2 is 1.54 bits per heavy atom. The zero-order chi connectivity index (χ0) is 17.9. The van der Waals surface area contributed by atoms with E-state index in [9.17, 15) is 18.4 Å². The summed E-state index contributed by atoms with van der Waals surface area (Å²) in [5.41, 5.74) is 2.85.